The number of nitrogens with one attached hydrogen (secondary N) is 1. The van der Waals surface area contributed by atoms with Crippen LogP contribution in [0.25, 0.3) is 0 Å². The Hall–Kier alpha value is -3.23. The summed E-state index contributed by atoms with van der Waals surface area (Å²) in [4.78, 5) is 37.1. The van der Waals surface area contributed by atoms with E-state index in [0.29, 0.717) is 38.5 Å². The number of amides is 2. The Morgan fingerprint density at radius 3 is 2.26 bits per heavy atom. The van der Waals surface area contributed by atoms with Crippen molar-refractivity contribution < 1.29 is 9.72 Å². The van der Waals surface area contributed by atoms with E-state index >= 15 is 0 Å². The summed E-state index contributed by atoms with van der Waals surface area (Å²) in [6.07, 6.45) is 2.18. The highest BCUT2D eigenvalue weighted by Gasteiger charge is 2.26. The molecule has 2 amide bonds. The van der Waals surface area contributed by atoms with Gasteiger partial charge in [0.2, 0.25) is 0 Å². The maximum atomic E-state index is 12.4. The SMILES string of the molecule is CCc1nc(CC(C)C)nc(N2CCN(C(=O)NC(C)C)CC2)c1Cc1ccc([N+](=O)[O-])cc1. The van der Waals surface area contributed by atoms with Gasteiger partial charge in [-0.15, -0.1) is 0 Å². The number of anilines is 1. The summed E-state index contributed by atoms with van der Waals surface area (Å²) < 4.78 is 0. The summed E-state index contributed by atoms with van der Waals surface area (Å²) in [5, 5.41) is 14.0. The lowest BCUT2D eigenvalue weighted by Crippen LogP contribution is -2.53. The van der Waals surface area contributed by atoms with E-state index in [1.807, 2.05) is 18.7 Å². The quantitative estimate of drug-likeness (QED) is 0.464. The first kappa shape index (κ1) is 25.4. The topological polar surface area (TPSA) is 104 Å². The van der Waals surface area contributed by atoms with Crippen molar-refractivity contribution in [3.05, 3.63) is 57.0 Å². The van der Waals surface area contributed by atoms with E-state index in [1.165, 1.54) is 0 Å². The molecule has 1 aliphatic heterocycles. The number of hydrogen-bond donors (Lipinski definition) is 1. The predicted octanol–water partition coefficient (Wildman–Crippen LogP) is 3.98. The summed E-state index contributed by atoms with van der Waals surface area (Å²) in [6, 6.07) is 6.76. The van der Waals surface area contributed by atoms with Gasteiger partial charge in [-0.05, 0) is 31.7 Å². The zero-order chi connectivity index (χ0) is 24.8. The Morgan fingerprint density at radius 1 is 1.09 bits per heavy atom. The maximum Gasteiger partial charge on any atom is 0.317 e. The summed E-state index contributed by atoms with van der Waals surface area (Å²) >= 11 is 0. The molecule has 0 aliphatic carbocycles. The van der Waals surface area contributed by atoms with E-state index < -0.39 is 0 Å². The van der Waals surface area contributed by atoms with E-state index in [9.17, 15) is 14.9 Å². The molecular formula is C25H36N6O3. The fourth-order valence-electron chi connectivity index (χ4n) is 4.16. The van der Waals surface area contributed by atoms with Crippen LogP contribution in [-0.4, -0.2) is 58.0 Å². The molecular weight excluding hydrogens is 432 g/mol. The Bertz CT molecular complexity index is 998. The molecule has 2 heterocycles. The Balaban J connectivity index is 1.90. The van der Waals surface area contributed by atoms with Gasteiger partial charge in [-0.2, -0.15) is 0 Å². The molecule has 0 radical (unpaired) electrons. The van der Waals surface area contributed by atoms with Crippen LogP contribution in [0.5, 0.6) is 0 Å². The average Bonchev–Trinajstić information content (AvgIpc) is 2.79. The molecule has 2 aromatic rings. The summed E-state index contributed by atoms with van der Waals surface area (Å²) in [5.41, 5.74) is 3.14. The van der Waals surface area contributed by atoms with Crippen molar-refractivity contribution in [2.24, 2.45) is 5.92 Å². The minimum atomic E-state index is -0.384. The van der Waals surface area contributed by atoms with Crippen LogP contribution in [0.2, 0.25) is 0 Å². The molecule has 1 N–H and O–H groups in total. The normalized spacial score (nSPS) is 14.1. The molecule has 0 atom stereocenters. The number of benzene rings is 1. The number of nitro groups is 1. The van der Waals surface area contributed by atoms with E-state index in [0.717, 1.165) is 41.3 Å². The molecule has 0 bridgehead atoms. The Kier molecular flexibility index (Phi) is 8.41. The molecule has 0 spiro atoms. The van der Waals surface area contributed by atoms with E-state index in [4.69, 9.17) is 9.97 Å². The first-order valence-electron chi connectivity index (χ1n) is 12.1. The van der Waals surface area contributed by atoms with Gasteiger partial charge in [-0.3, -0.25) is 10.1 Å². The second-order valence-electron chi connectivity index (χ2n) is 9.52. The van der Waals surface area contributed by atoms with Crippen molar-refractivity contribution in [1.82, 2.24) is 20.2 Å². The largest absolute Gasteiger partial charge is 0.353 e. The highest BCUT2D eigenvalue weighted by molar-refractivity contribution is 5.74. The molecule has 1 fully saturated rings. The molecule has 1 aromatic heterocycles. The summed E-state index contributed by atoms with van der Waals surface area (Å²) in [7, 11) is 0. The third-order valence-corrected chi connectivity index (χ3v) is 5.85. The molecule has 1 aliphatic rings. The number of rotatable bonds is 8. The first-order valence-corrected chi connectivity index (χ1v) is 12.1. The minimum Gasteiger partial charge on any atom is -0.353 e. The number of aromatic nitrogens is 2. The maximum absolute atomic E-state index is 12.4. The van der Waals surface area contributed by atoms with Gasteiger partial charge in [0.25, 0.3) is 5.69 Å². The van der Waals surface area contributed by atoms with Gasteiger partial charge < -0.3 is 15.1 Å². The zero-order valence-corrected chi connectivity index (χ0v) is 20.9. The number of urea groups is 1. The number of aryl methyl sites for hydroxylation is 1. The third-order valence-electron chi connectivity index (χ3n) is 5.85. The van der Waals surface area contributed by atoms with Gasteiger partial charge in [0.15, 0.2) is 0 Å². The molecule has 9 heteroatoms. The van der Waals surface area contributed by atoms with Gasteiger partial charge >= 0.3 is 6.03 Å². The van der Waals surface area contributed by atoms with Gasteiger partial charge in [0.05, 0.1) is 4.92 Å². The monoisotopic (exact) mass is 468 g/mol. The smallest absolute Gasteiger partial charge is 0.317 e. The lowest BCUT2D eigenvalue weighted by Gasteiger charge is -2.37. The van der Waals surface area contributed by atoms with Crippen molar-refractivity contribution >= 4 is 17.5 Å². The van der Waals surface area contributed by atoms with Crippen molar-refractivity contribution in [3.8, 4) is 0 Å². The lowest BCUT2D eigenvalue weighted by atomic mass is 10.0. The number of nitro benzene ring substituents is 1. The molecule has 1 saturated heterocycles. The van der Waals surface area contributed by atoms with Crippen LogP contribution in [-0.2, 0) is 19.3 Å². The van der Waals surface area contributed by atoms with Crippen LogP contribution in [0.1, 0.15) is 57.3 Å². The second-order valence-corrected chi connectivity index (χ2v) is 9.52. The van der Waals surface area contributed by atoms with Crippen LogP contribution in [0.3, 0.4) is 0 Å². The van der Waals surface area contributed by atoms with Gasteiger partial charge in [-0.1, -0.05) is 32.9 Å². The molecule has 34 heavy (non-hydrogen) atoms. The van der Waals surface area contributed by atoms with Crippen molar-refractivity contribution in [1.29, 1.82) is 0 Å². The second kappa shape index (κ2) is 11.3. The molecule has 0 saturated carbocycles. The highest BCUT2D eigenvalue weighted by atomic mass is 16.6. The summed E-state index contributed by atoms with van der Waals surface area (Å²) in [6.45, 7) is 13.0. The number of carbonyl (C=O) groups is 1. The fraction of sp³-hybridized carbons (Fsp3) is 0.560. The number of hydrogen-bond acceptors (Lipinski definition) is 6. The van der Waals surface area contributed by atoms with Crippen molar-refractivity contribution in [3.63, 3.8) is 0 Å². The van der Waals surface area contributed by atoms with Crippen LogP contribution < -0.4 is 10.2 Å². The molecule has 184 valence electrons. The van der Waals surface area contributed by atoms with E-state index in [-0.39, 0.29) is 22.7 Å². The Labute approximate surface area is 201 Å². The fourth-order valence-corrected chi connectivity index (χ4v) is 4.16. The number of piperazine rings is 1. The highest BCUT2D eigenvalue weighted by Crippen LogP contribution is 2.27. The van der Waals surface area contributed by atoms with Gasteiger partial charge in [0.1, 0.15) is 11.6 Å². The zero-order valence-electron chi connectivity index (χ0n) is 20.9. The number of carbonyl (C=O) groups excluding carboxylic acids is 1. The number of nitrogens with zero attached hydrogens (tertiary/aromatic N) is 5. The van der Waals surface area contributed by atoms with Crippen LogP contribution in [0.4, 0.5) is 16.3 Å². The molecule has 3 rings (SSSR count). The van der Waals surface area contributed by atoms with Crippen LogP contribution >= 0.6 is 0 Å². The Morgan fingerprint density at radius 2 is 1.74 bits per heavy atom. The van der Waals surface area contributed by atoms with Crippen LogP contribution in [0.15, 0.2) is 24.3 Å². The molecule has 1 aromatic carbocycles. The van der Waals surface area contributed by atoms with Crippen molar-refractivity contribution in [2.45, 2.75) is 59.9 Å². The van der Waals surface area contributed by atoms with Gasteiger partial charge in [0, 0.05) is 68.5 Å². The number of non-ortho nitro benzene ring substituents is 1. The summed E-state index contributed by atoms with van der Waals surface area (Å²) in [5.74, 6) is 2.20. The first-order chi connectivity index (χ1) is 16.2. The lowest BCUT2D eigenvalue weighted by molar-refractivity contribution is -0.384. The predicted molar refractivity (Wildman–Crippen MR) is 133 cm³/mol. The molecule has 9 nitrogen and oxygen atoms in total. The third kappa shape index (κ3) is 6.42. The van der Waals surface area contributed by atoms with E-state index in [2.05, 4.69) is 31.0 Å². The standard InChI is InChI=1S/C25H36N6O3/c1-6-22-21(16-19-7-9-20(10-8-19)31(33)34)24(28-23(27-22)15-17(2)3)29-11-13-30(14-12-29)25(32)26-18(4)5/h7-10,17-18H,6,11-16H2,1-5H3,(H,26,32). The minimum absolute atomic E-state index is 0.0295. The van der Waals surface area contributed by atoms with Gasteiger partial charge in [-0.25, -0.2) is 14.8 Å². The molecule has 0 unspecified atom stereocenters. The van der Waals surface area contributed by atoms with Crippen LogP contribution in [0, 0.1) is 16.0 Å². The van der Waals surface area contributed by atoms with Crippen molar-refractivity contribution in [2.75, 3.05) is 31.1 Å². The van der Waals surface area contributed by atoms with E-state index in [1.54, 1.807) is 24.3 Å². The average molecular weight is 469 g/mol.